The van der Waals surface area contributed by atoms with Gasteiger partial charge >= 0.3 is 17.9 Å². The zero-order valence-corrected chi connectivity index (χ0v) is 18.8. The van der Waals surface area contributed by atoms with Gasteiger partial charge in [-0.1, -0.05) is 61.5 Å². The fourth-order valence-electron chi connectivity index (χ4n) is 3.47. The third kappa shape index (κ3) is 6.38. The maximum absolute atomic E-state index is 12.9. The van der Waals surface area contributed by atoms with Gasteiger partial charge in [0.1, 0.15) is 5.69 Å². The molecule has 1 amide bonds. The van der Waals surface area contributed by atoms with Crippen LogP contribution in [0.2, 0.25) is 0 Å². The van der Waals surface area contributed by atoms with E-state index in [9.17, 15) is 24.6 Å². The third-order valence-corrected chi connectivity index (χ3v) is 5.28. The first kappa shape index (κ1) is 24.4. The smallest absolute Gasteiger partial charge is 0.354 e. The van der Waals surface area contributed by atoms with Crippen LogP contribution in [0.25, 0.3) is 11.1 Å². The number of aromatic nitrogens is 2. The van der Waals surface area contributed by atoms with Gasteiger partial charge in [0.2, 0.25) is 0 Å². The van der Waals surface area contributed by atoms with Crippen LogP contribution in [0.15, 0.2) is 60.7 Å². The first-order chi connectivity index (χ1) is 16.3. The number of aromatic carboxylic acids is 1. The minimum absolute atomic E-state index is 0.176. The second kappa shape index (κ2) is 11.0. The van der Waals surface area contributed by atoms with Crippen molar-refractivity contribution in [3.05, 3.63) is 77.6 Å². The highest BCUT2D eigenvalue weighted by atomic mass is 16.5. The number of nitrogens with zero attached hydrogens (tertiary/aromatic N) is 2. The van der Waals surface area contributed by atoms with E-state index in [1.54, 1.807) is 6.92 Å². The van der Waals surface area contributed by atoms with Crippen LogP contribution in [-0.4, -0.2) is 51.2 Å². The SMILES string of the molecule is COc1nc(C(=O)O)cc(C(=O)N[C@H](Cc2ccc(-c3ccccc3)cc2)C[C@@H](C)C(=O)O)n1. The summed E-state index contributed by atoms with van der Waals surface area (Å²) in [6.07, 6.45) is 0.557. The Hall–Kier alpha value is -4.27. The minimum Gasteiger partial charge on any atom is -0.481 e. The number of aliphatic carboxylic acids is 1. The van der Waals surface area contributed by atoms with Crippen molar-refractivity contribution in [1.29, 1.82) is 0 Å². The number of ether oxygens (including phenoxy) is 1. The monoisotopic (exact) mass is 463 g/mol. The molecule has 3 rings (SSSR count). The molecule has 0 saturated carbocycles. The molecular weight excluding hydrogens is 438 g/mol. The molecule has 0 bridgehead atoms. The molecule has 0 aliphatic carbocycles. The van der Waals surface area contributed by atoms with Gasteiger partial charge < -0.3 is 20.3 Å². The largest absolute Gasteiger partial charge is 0.481 e. The first-order valence-electron chi connectivity index (χ1n) is 10.6. The van der Waals surface area contributed by atoms with Crippen LogP contribution in [0, 0.1) is 5.92 Å². The van der Waals surface area contributed by atoms with Crippen LogP contribution < -0.4 is 10.1 Å². The van der Waals surface area contributed by atoms with Crippen molar-refractivity contribution in [2.24, 2.45) is 5.92 Å². The van der Waals surface area contributed by atoms with Crippen molar-refractivity contribution >= 4 is 17.8 Å². The lowest BCUT2D eigenvalue weighted by Gasteiger charge is -2.21. The zero-order valence-electron chi connectivity index (χ0n) is 18.8. The molecular formula is C25H25N3O6. The lowest BCUT2D eigenvalue weighted by molar-refractivity contribution is -0.141. The molecule has 0 aliphatic rings. The van der Waals surface area contributed by atoms with Gasteiger partial charge in [-0.2, -0.15) is 9.97 Å². The molecule has 2 aromatic carbocycles. The van der Waals surface area contributed by atoms with Crippen LogP contribution in [0.3, 0.4) is 0 Å². The Bertz CT molecular complexity index is 1170. The zero-order chi connectivity index (χ0) is 24.7. The van der Waals surface area contributed by atoms with Crippen molar-refractivity contribution in [3.63, 3.8) is 0 Å². The summed E-state index contributed by atoms with van der Waals surface area (Å²) in [6, 6.07) is 18.0. The normalized spacial score (nSPS) is 12.4. The van der Waals surface area contributed by atoms with Crippen LogP contribution in [0.4, 0.5) is 0 Å². The predicted molar refractivity (Wildman–Crippen MR) is 124 cm³/mol. The second-order valence-corrected chi connectivity index (χ2v) is 7.84. The van der Waals surface area contributed by atoms with Crippen LogP contribution in [0.5, 0.6) is 6.01 Å². The van der Waals surface area contributed by atoms with Crippen molar-refractivity contribution in [3.8, 4) is 17.1 Å². The number of amides is 1. The van der Waals surface area contributed by atoms with Crippen LogP contribution in [-0.2, 0) is 11.2 Å². The molecule has 0 unspecified atom stereocenters. The molecule has 176 valence electrons. The first-order valence-corrected chi connectivity index (χ1v) is 10.6. The minimum atomic E-state index is -1.33. The summed E-state index contributed by atoms with van der Waals surface area (Å²) in [5, 5.41) is 21.4. The van der Waals surface area contributed by atoms with E-state index in [1.165, 1.54) is 7.11 Å². The summed E-state index contributed by atoms with van der Waals surface area (Å²) in [4.78, 5) is 43.3. The highest BCUT2D eigenvalue weighted by molar-refractivity contribution is 5.95. The van der Waals surface area contributed by atoms with Crippen molar-refractivity contribution in [1.82, 2.24) is 15.3 Å². The van der Waals surface area contributed by atoms with Gasteiger partial charge in [0.25, 0.3) is 5.91 Å². The fraction of sp³-hybridized carbons (Fsp3) is 0.240. The molecule has 0 radical (unpaired) electrons. The van der Waals surface area contributed by atoms with E-state index in [1.807, 2.05) is 54.6 Å². The van der Waals surface area contributed by atoms with E-state index in [-0.39, 0.29) is 23.8 Å². The Morgan fingerprint density at radius 3 is 2.15 bits per heavy atom. The summed E-state index contributed by atoms with van der Waals surface area (Å²) in [5.41, 5.74) is 2.46. The molecule has 34 heavy (non-hydrogen) atoms. The Balaban J connectivity index is 1.81. The van der Waals surface area contributed by atoms with Gasteiger partial charge in [0.05, 0.1) is 13.0 Å². The number of carboxylic acid groups (broad SMARTS) is 2. The summed E-state index contributed by atoms with van der Waals surface area (Å²) in [5.74, 6) is -3.66. The number of benzene rings is 2. The molecule has 1 heterocycles. The van der Waals surface area contributed by atoms with E-state index in [2.05, 4.69) is 15.3 Å². The lowest BCUT2D eigenvalue weighted by Crippen LogP contribution is -2.39. The Morgan fingerprint density at radius 2 is 1.56 bits per heavy atom. The average molecular weight is 463 g/mol. The predicted octanol–water partition coefficient (Wildman–Crippen LogP) is 3.30. The van der Waals surface area contributed by atoms with Gasteiger partial charge in [-0.05, 0) is 29.5 Å². The van der Waals surface area contributed by atoms with Gasteiger partial charge in [0.15, 0.2) is 5.69 Å². The molecule has 0 aliphatic heterocycles. The van der Waals surface area contributed by atoms with Gasteiger partial charge in [0, 0.05) is 12.1 Å². The molecule has 0 fully saturated rings. The van der Waals surface area contributed by atoms with Gasteiger partial charge in [-0.3, -0.25) is 9.59 Å². The Labute approximate surface area is 196 Å². The molecule has 0 saturated heterocycles. The Kier molecular flexibility index (Phi) is 7.92. The van der Waals surface area contributed by atoms with E-state index in [0.29, 0.717) is 6.42 Å². The highest BCUT2D eigenvalue weighted by Gasteiger charge is 2.23. The standard InChI is InChI=1S/C25H25N3O6/c1-15(23(30)31)12-19(13-16-8-10-18(11-9-16)17-6-4-3-5-7-17)26-22(29)20-14-21(24(32)33)28-25(27-20)34-2/h3-11,14-15,19H,12-13H2,1-2H3,(H,26,29)(H,30,31)(H,32,33)/t15-,19+/m1/s1. The number of hydrogen-bond acceptors (Lipinski definition) is 6. The third-order valence-electron chi connectivity index (χ3n) is 5.28. The summed E-state index contributed by atoms with van der Waals surface area (Å²) >= 11 is 0. The topological polar surface area (TPSA) is 139 Å². The number of methoxy groups -OCH3 is 1. The average Bonchev–Trinajstić information content (AvgIpc) is 2.84. The molecule has 1 aromatic heterocycles. The molecule has 3 N–H and O–H groups in total. The van der Waals surface area contributed by atoms with E-state index in [0.717, 1.165) is 22.8 Å². The number of rotatable bonds is 10. The summed E-state index contributed by atoms with van der Waals surface area (Å²) < 4.78 is 4.90. The van der Waals surface area contributed by atoms with Crippen molar-refractivity contribution < 1.29 is 29.3 Å². The fourth-order valence-corrected chi connectivity index (χ4v) is 3.47. The van der Waals surface area contributed by atoms with Crippen LogP contribution in [0.1, 0.15) is 39.9 Å². The summed E-state index contributed by atoms with van der Waals surface area (Å²) in [6.45, 7) is 1.57. The lowest BCUT2D eigenvalue weighted by atomic mass is 9.95. The quantitative estimate of drug-likeness (QED) is 0.416. The van der Waals surface area contributed by atoms with E-state index < -0.39 is 29.8 Å². The van der Waals surface area contributed by atoms with Gasteiger partial charge in [-0.25, -0.2) is 4.79 Å². The van der Waals surface area contributed by atoms with Crippen molar-refractivity contribution in [2.45, 2.75) is 25.8 Å². The molecule has 3 aromatic rings. The molecule has 9 nitrogen and oxygen atoms in total. The number of carbonyl (C=O) groups excluding carboxylic acids is 1. The number of carbonyl (C=O) groups is 3. The highest BCUT2D eigenvalue weighted by Crippen LogP contribution is 2.21. The maximum atomic E-state index is 12.9. The van der Waals surface area contributed by atoms with E-state index in [4.69, 9.17) is 4.74 Å². The molecule has 0 spiro atoms. The van der Waals surface area contributed by atoms with Crippen LogP contribution >= 0.6 is 0 Å². The van der Waals surface area contributed by atoms with E-state index >= 15 is 0 Å². The Morgan fingerprint density at radius 1 is 0.941 bits per heavy atom. The maximum Gasteiger partial charge on any atom is 0.354 e. The molecule has 2 atom stereocenters. The molecule has 9 heteroatoms. The summed E-state index contributed by atoms with van der Waals surface area (Å²) in [7, 11) is 1.26. The number of carboxylic acids is 2. The number of hydrogen-bond donors (Lipinski definition) is 3. The number of nitrogens with one attached hydrogen (secondary N) is 1. The second-order valence-electron chi connectivity index (χ2n) is 7.84. The van der Waals surface area contributed by atoms with Crippen molar-refractivity contribution in [2.75, 3.05) is 7.11 Å². The van der Waals surface area contributed by atoms with Gasteiger partial charge in [-0.15, -0.1) is 0 Å².